The van der Waals surface area contributed by atoms with Gasteiger partial charge in [-0.3, -0.25) is 0 Å². The summed E-state index contributed by atoms with van der Waals surface area (Å²) in [5.74, 6) is 0.802. The average molecular weight is 300 g/mol. The van der Waals surface area contributed by atoms with E-state index >= 15 is 0 Å². The highest BCUT2D eigenvalue weighted by Crippen LogP contribution is 2.52. The molecule has 1 spiro atoms. The summed E-state index contributed by atoms with van der Waals surface area (Å²) < 4.78 is 6.13. The monoisotopic (exact) mass is 299 g/mol. The van der Waals surface area contributed by atoms with E-state index in [1.165, 1.54) is 32.1 Å². The summed E-state index contributed by atoms with van der Waals surface area (Å²) in [4.78, 5) is 0. The normalized spacial score (nSPS) is 29.0. The first-order valence-corrected chi connectivity index (χ1v) is 7.75. The summed E-state index contributed by atoms with van der Waals surface area (Å²) >= 11 is 12.0. The van der Waals surface area contributed by atoms with E-state index in [9.17, 15) is 0 Å². The van der Waals surface area contributed by atoms with Crippen molar-refractivity contribution in [3.05, 3.63) is 28.2 Å². The van der Waals surface area contributed by atoms with Crippen LogP contribution in [0.4, 0.5) is 0 Å². The van der Waals surface area contributed by atoms with E-state index < -0.39 is 0 Å². The minimum Gasteiger partial charge on any atom is -0.490 e. The lowest BCUT2D eigenvalue weighted by molar-refractivity contribution is -0.0898. The minimum absolute atomic E-state index is 0.199. The number of rotatable bonds is 2. The van der Waals surface area contributed by atoms with E-state index in [2.05, 4.69) is 0 Å². The molecule has 0 aliphatic heterocycles. The van der Waals surface area contributed by atoms with Crippen molar-refractivity contribution in [2.45, 2.75) is 50.7 Å². The Morgan fingerprint density at radius 3 is 2.47 bits per heavy atom. The average Bonchev–Trinajstić information content (AvgIpc) is 2.43. The van der Waals surface area contributed by atoms with Crippen molar-refractivity contribution in [1.82, 2.24) is 0 Å². The molecule has 2 nitrogen and oxygen atoms in total. The van der Waals surface area contributed by atoms with Gasteiger partial charge in [0.1, 0.15) is 11.9 Å². The summed E-state index contributed by atoms with van der Waals surface area (Å²) in [6.07, 6.45) is 7.44. The third kappa shape index (κ3) is 2.35. The third-order valence-electron chi connectivity index (χ3n) is 4.80. The Balaban J connectivity index is 1.74. The fraction of sp³-hybridized carbons (Fsp3) is 0.600. The molecule has 0 heterocycles. The fourth-order valence-corrected chi connectivity index (χ4v) is 3.85. The molecule has 0 bridgehead atoms. The Kier molecular flexibility index (Phi) is 3.67. The van der Waals surface area contributed by atoms with Crippen LogP contribution < -0.4 is 10.5 Å². The van der Waals surface area contributed by atoms with Crippen LogP contribution in [0.25, 0.3) is 0 Å². The van der Waals surface area contributed by atoms with Gasteiger partial charge >= 0.3 is 0 Å². The number of halogens is 2. The molecular weight excluding hydrogens is 281 g/mol. The van der Waals surface area contributed by atoms with Crippen LogP contribution >= 0.6 is 23.2 Å². The van der Waals surface area contributed by atoms with Gasteiger partial charge < -0.3 is 10.5 Å². The second-order valence-electron chi connectivity index (χ2n) is 5.82. The van der Waals surface area contributed by atoms with Crippen LogP contribution in [0, 0.1) is 5.41 Å². The molecule has 2 N–H and O–H groups in total. The second-order valence-corrected chi connectivity index (χ2v) is 6.63. The van der Waals surface area contributed by atoms with Crippen LogP contribution in [-0.2, 0) is 0 Å². The minimum atomic E-state index is 0.199. The maximum Gasteiger partial charge on any atom is 0.121 e. The standard InChI is InChI=1S/C15H19Cl2NO/c16-11-5-4-10(8-12(11)17)19-14-9-13(18)15(14)6-2-1-3-7-15/h4-5,8,13-14H,1-3,6-7,9,18H2. The van der Waals surface area contributed by atoms with Crippen LogP contribution in [-0.4, -0.2) is 12.1 Å². The Bertz CT molecular complexity index is 471. The highest BCUT2D eigenvalue weighted by Gasteiger charge is 2.54. The summed E-state index contributed by atoms with van der Waals surface area (Å²) in [6.45, 7) is 0. The van der Waals surface area contributed by atoms with Crippen molar-refractivity contribution < 1.29 is 4.74 Å². The van der Waals surface area contributed by atoms with Crippen molar-refractivity contribution in [2.75, 3.05) is 0 Å². The van der Waals surface area contributed by atoms with Gasteiger partial charge in [0.2, 0.25) is 0 Å². The molecule has 1 aromatic rings. The molecule has 0 amide bonds. The Morgan fingerprint density at radius 1 is 1.11 bits per heavy atom. The number of nitrogens with two attached hydrogens (primary N) is 1. The van der Waals surface area contributed by atoms with Crippen LogP contribution in [0.2, 0.25) is 10.0 Å². The fourth-order valence-electron chi connectivity index (χ4n) is 3.56. The lowest BCUT2D eigenvalue weighted by Gasteiger charge is -2.56. The highest BCUT2D eigenvalue weighted by molar-refractivity contribution is 6.42. The van der Waals surface area contributed by atoms with Gasteiger partial charge in [0.15, 0.2) is 0 Å². The number of hydrogen-bond acceptors (Lipinski definition) is 2. The van der Waals surface area contributed by atoms with Crippen molar-refractivity contribution in [3.63, 3.8) is 0 Å². The molecule has 4 heteroatoms. The topological polar surface area (TPSA) is 35.2 Å². The van der Waals surface area contributed by atoms with Crippen LogP contribution in [0.3, 0.4) is 0 Å². The molecule has 104 valence electrons. The summed E-state index contributed by atoms with van der Waals surface area (Å²) in [7, 11) is 0. The zero-order chi connectivity index (χ0) is 13.5. The van der Waals surface area contributed by atoms with Crippen LogP contribution in [0.15, 0.2) is 18.2 Å². The van der Waals surface area contributed by atoms with Gasteiger partial charge in [-0.15, -0.1) is 0 Å². The van der Waals surface area contributed by atoms with Crippen LogP contribution in [0.5, 0.6) is 5.75 Å². The predicted octanol–water partition coefficient (Wildman–Crippen LogP) is 4.42. The van der Waals surface area contributed by atoms with Gasteiger partial charge in [0.05, 0.1) is 10.0 Å². The molecule has 2 atom stereocenters. The molecule has 3 rings (SSSR count). The first-order valence-electron chi connectivity index (χ1n) is 6.99. The lowest BCUT2D eigenvalue weighted by Crippen LogP contribution is -2.64. The Morgan fingerprint density at radius 2 is 1.84 bits per heavy atom. The molecule has 2 aliphatic carbocycles. The molecular formula is C15H19Cl2NO. The van der Waals surface area contributed by atoms with E-state index in [4.69, 9.17) is 33.7 Å². The van der Waals surface area contributed by atoms with E-state index in [1.807, 2.05) is 6.07 Å². The van der Waals surface area contributed by atoms with Crippen molar-refractivity contribution in [3.8, 4) is 5.75 Å². The molecule has 0 saturated heterocycles. The first kappa shape index (κ1) is 13.5. The summed E-state index contributed by atoms with van der Waals surface area (Å²) in [5.41, 5.74) is 6.46. The van der Waals surface area contributed by atoms with Crippen molar-refractivity contribution >= 4 is 23.2 Å². The Labute approximate surface area is 124 Å². The van der Waals surface area contributed by atoms with Crippen molar-refractivity contribution in [2.24, 2.45) is 11.1 Å². The molecule has 2 unspecified atom stereocenters. The smallest absolute Gasteiger partial charge is 0.121 e. The quantitative estimate of drug-likeness (QED) is 0.877. The highest BCUT2D eigenvalue weighted by atomic mass is 35.5. The SMILES string of the molecule is NC1CC(Oc2ccc(Cl)c(Cl)c2)C12CCCCC2. The Hall–Kier alpha value is -0.440. The molecule has 1 aromatic carbocycles. The molecule has 19 heavy (non-hydrogen) atoms. The van der Waals surface area contributed by atoms with Gasteiger partial charge in [-0.25, -0.2) is 0 Å². The molecule has 0 aromatic heterocycles. The van der Waals surface area contributed by atoms with E-state index in [0.29, 0.717) is 16.1 Å². The number of ether oxygens (including phenoxy) is 1. The van der Waals surface area contributed by atoms with Gasteiger partial charge in [0.25, 0.3) is 0 Å². The van der Waals surface area contributed by atoms with E-state index in [0.717, 1.165) is 12.2 Å². The second kappa shape index (κ2) is 5.16. The van der Waals surface area contributed by atoms with E-state index in [1.54, 1.807) is 12.1 Å². The largest absolute Gasteiger partial charge is 0.490 e. The molecule has 2 fully saturated rings. The third-order valence-corrected chi connectivity index (χ3v) is 5.54. The predicted molar refractivity (Wildman–Crippen MR) is 79.0 cm³/mol. The zero-order valence-corrected chi connectivity index (χ0v) is 12.4. The number of benzene rings is 1. The number of hydrogen-bond donors (Lipinski definition) is 1. The lowest BCUT2D eigenvalue weighted by atomic mass is 9.55. The first-order chi connectivity index (χ1) is 9.12. The van der Waals surface area contributed by atoms with Crippen LogP contribution in [0.1, 0.15) is 38.5 Å². The van der Waals surface area contributed by atoms with Gasteiger partial charge in [0, 0.05) is 23.9 Å². The molecule has 2 saturated carbocycles. The maximum atomic E-state index is 6.26. The molecule has 2 aliphatic rings. The van der Waals surface area contributed by atoms with Gasteiger partial charge in [-0.1, -0.05) is 42.5 Å². The zero-order valence-electron chi connectivity index (χ0n) is 10.9. The maximum absolute atomic E-state index is 6.26. The molecule has 0 radical (unpaired) electrons. The van der Waals surface area contributed by atoms with Gasteiger partial charge in [-0.05, 0) is 25.0 Å². The van der Waals surface area contributed by atoms with Crippen molar-refractivity contribution in [1.29, 1.82) is 0 Å². The summed E-state index contributed by atoms with van der Waals surface area (Å²) in [5, 5.41) is 1.10. The summed E-state index contributed by atoms with van der Waals surface area (Å²) in [6, 6.07) is 5.75. The van der Waals surface area contributed by atoms with E-state index in [-0.39, 0.29) is 11.5 Å². The van der Waals surface area contributed by atoms with Gasteiger partial charge in [-0.2, -0.15) is 0 Å².